The Morgan fingerprint density at radius 2 is 1.70 bits per heavy atom. The van der Waals surface area contributed by atoms with Gasteiger partial charge in [0, 0.05) is 0 Å². The third kappa shape index (κ3) is 2.53. The first kappa shape index (κ1) is 12.4. The zero-order chi connectivity index (χ0) is 13.8. The summed E-state index contributed by atoms with van der Waals surface area (Å²) in [6, 6.07) is 9.61. The molecule has 0 N–H and O–H groups in total. The molecule has 20 heavy (non-hydrogen) atoms. The molecule has 0 amide bonds. The Morgan fingerprint density at radius 1 is 0.950 bits per heavy atom. The van der Waals surface area contributed by atoms with Gasteiger partial charge in [-0.25, -0.2) is 9.97 Å². The van der Waals surface area contributed by atoms with E-state index in [2.05, 4.69) is 34.0 Å². The lowest BCUT2D eigenvalue weighted by Gasteiger charge is -2.05. The maximum absolute atomic E-state index is 9.18. The lowest BCUT2D eigenvalue weighted by molar-refractivity contribution is 0.715. The third-order valence-corrected chi connectivity index (χ3v) is 3.31. The first-order valence-electron chi connectivity index (χ1n) is 6.75. The largest absolute Gasteiger partial charge is 0.235 e. The van der Waals surface area contributed by atoms with Gasteiger partial charge in [-0.1, -0.05) is 24.1 Å². The van der Waals surface area contributed by atoms with Crippen molar-refractivity contribution in [2.24, 2.45) is 0 Å². The van der Waals surface area contributed by atoms with Crippen LogP contribution < -0.4 is 0 Å². The number of nitrogens with zero attached hydrogens (tertiary/aromatic N) is 3. The molecule has 0 fully saturated rings. The number of hydrogen-bond donors (Lipinski definition) is 0. The number of fused-ring (bicyclic) bond motifs is 1. The summed E-state index contributed by atoms with van der Waals surface area (Å²) in [5, 5.41) is 9.18. The molecule has 0 saturated carbocycles. The van der Waals surface area contributed by atoms with Crippen LogP contribution in [-0.2, 0) is 0 Å². The Morgan fingerprint density at radius 3 is 2.35 bits per heavy atom. The van der Waals surface area contributed by atoms with Crippen molar-refractivity contribution < 1.29 is 0 Å². The van der Waals surface area contributed by atoms with Crippen LogP contribution in [0.5, 0.6) is 0 Å². The van der Waals surface area contributed by atoms with Crippen molar-refractivity contribution in [1.29, 1.82) is 5.26 Å². The Hall–Kier alpha value is -2.65. The average Bonchev–Trinajstić information content (AvgIpc) is 2.53. The highest BCUT2D eigenvalue weighted by Crippen LogP contribution is 2.17. The van der Waals surface area contributed by atoms with Gasteiger partial charge in [-0.3, -0.25) is 0 Å². The van der Waals surface area contributed by atoms with Crippen LogP contribution in [-0.4, -0.2) is 9.97 Å². The van der Waals surface area contributed by atoms with Crippen LogP contribution >= 0.6 is 0 Å². The van der Waals surface area contributed by atoms with Gasteiger partial charge in [0.2, 0.25) is 0 Å². The second kappa shape index (κ2) is 5.55. The minimum absolute atomic E-state index is 0.299. The second-order valence-corrected chi connectivity index (χ2v) is 4.75. The molecule has 1 aromatic heterocycles. The summed E-state index contributed by atoms with van der Waals surface area (Å²) in [7, 11) is 0. The first-order valence-corrected chi connectivity index (χ1v) is 6.75. The number of aromatic nitrogens is 2. The zero-order valence-corrected chi connectivity index (χ0v) is 11.1. The van der Waals surface area contributed by atoms with Crippen molar-refractivity contribution >= 4 is 11.0 Å². The van der Waals surface area contributed by atoms with Crippen LogP contribution in [0.4, 0.5) is 0 Å². The third-order valence-electron chi connectivity index (χ3n) is 3.31. The molecule has 0 unspecified atom stereocenters. The predicted molar refractivity (Wildman–Crippen MR) is 77.7 cm³/mol. The molecule has 3 nitrogen and oxygen atoms in total. The highest BCUT2D eigenvalue weighted by atomic mass is 14.8. The number of allylic oxidation sites excluding steroid dienone is 2. The lowest BCUT2D eigenvalue weighted by atomic mass is 10.00. The molecule has 1 aliphatic carbocycles. The van der Waals surface area contributed by atoms with E-state index in [1.807, 2.05) is 24.3 Å². The summed E-state index contributed by atoms with van der Waals surface area (Å²) in [5.74, 6) is 6.15. The Labute approximate surface area is 118 Å². The highest BCUT2D eigenvalue weighted by Gasteiger charge is 2.06. The van der Waals surface area contributed by atoms with E-state index in [9.17, 15) is 5.26 Å². The molecule has 0 atom stereocenters. The van der Waals surface area contributed by atoms with Crippen molar-refractivity contribution in [1.82, 2.24) is 9.97 Å². The SMILES string of the molecule is N#Cc1nc2ccccc2nc1C#CC1=CCCCC1. The number of benzene rings is 1. The van der Waals surface area contributed by atoms with Crippen molar-refractivity contribution in [3.63, 3.8) is 0 Å². The summed E-state index contributed by atoms with van der Waals surface area (Å²) in [6.07, 6.45) is 6.73. The Bertz CT molecular complexity index is 785. The molecule has 2 aromatic rings. The van der Waals surface area contributed by atoms with Crippen LogP contribution in [0.25, 0.3) is 11.0 Å². The van der Waals surface area contributed by atoms with E-state index in [0.29, 0.717) is 11.4 Å². The molecule has 0 bridgehead atoms. The molecule has 1 aromatic carbocycles. The maximum atomic E-state index is 9.18. The molecule has 0 spiro atoms. The fourth-order valence-electron chi connectivity index (χ4n) is 2.26. The monoisotopic (exact) mass is 259 g/mol. The van der Waals surface area contributed by atoms with Gasteiger partial charge in [-0.2, -0.15) is 5.26 Å². The van der Waals surface area contributed by atoms with Crippen molar-refractivity contribution in [2.45, 2.75) is 25.7 Å². The van der Waals surface area contributed by atoms with Crippen molar-refractivity contribution in [3.8, 4) is 17.9 Å². The molecule has 1 aliphatic rings. The summed E-state index contributed by atoms with van der Waals surface area (Å²) < 4.78 is 0. The van der Waals surface area contributed by atoms with Crippen LogP contribution in [0, 0.1) is 23.2 Å². The molecule has 0 saturated heterocycles. The van der Waals surface area contributed by atoms with Crippen LogP contribution in [0.1, 0.15) is 37.1 Å². The standard InChI is InChI=1S/C17H13N3/c18-12-17-16(11-10-13-6-2-1-3-7-13)19-14-8-4-5-9-15(14)20-17/h4-6,8-9H,1-3,7H2. The number of nitriles is 1. The van der Waals surface area contributed by atoms with Gasteiger partial charge < -0.3 is 0 Å². The Kier molecular flexibility index (Phi) is 3.44. The van der Waals surface area contributed by atoms with Crippen LogP contribution in [0.15, 0.2) is 35.9 Å². The van der Waals surface area contributed by atoms with Crippen LogP contribution in [0.3, 0.4) is 0 Å². The van der Waals surface area contributed by atoms with Gasteiger partial charge in [0.25, 0.3) is 0 Å². The summed E-state index contributed by atoms with van der Waals surface area (Å²) in [6.45, 7) is 0. The van der Waals surface area contributed by atoms with E-state index in [4.69, 9.17) is 0 Å². The van der Waals surface area contributed by atoms with E-state index >= 15 is 0 Å². The molecule has 96 valence electrons. The van der Waals surface area contributed by atoms with Gasteiger partial charge in [0.1, 0.15) is 6.07 Å². The molecule has 0 radical (unpaired) electrons. The van der Waals surface area contributed by atoms with Crippen molar-refractivity contribution in [3.05, 3.63) is 47.3 Å². The van der Waals surface area contributed by atoms with Gasteiger partial charge in [-0.05, 0) is 49.3 Å². The lowest BCUT2D eigenvalue weighted by Crippen LogP contribution is -1.96. The van der Waals surface area contributed by atoms with E-state index in [0.717, 1.165) is 29.4 Å². The van der Waals surface area contributed by atoms with Gasteiger partial charge in [0.15, 0.2) is 11.4 Å². The molecule has 0 aliphatic heterocycles. The topological polar surface area (TPSA) is 49.6 Å². The van der Waals surface area contributed by atoms with E-state index in [1.54, 1.807) is 0 Å². The zero-order valence-electron chi connectivity index (χ0n) is 11.1. The van der Waals surface area contributed by atoms with Gasteiger partial charge in [-0.15, -0.1) is 0 Å². The molecular formula is C17H13N3. The fourth-order valence-corrected chi connectivity index (χ4v) is 2.26. The normalized spacial score (nSPS) is 14.1. The van der Waals surface area contributed by atoms with Gasteiger partial charge >= 0.3 is 0 Å². The molecule has 3 heteroatoms. The maximum Gasteiger partial charge on any atom is 0.175 e. The van der Waals surface area contributed by atoms with Crippen LogP contribution in [0.2, 0.25) is 0 Å². The smallest absolute Gasteiger partial charge is 0.175 e. The summed E-state index contributed by atoms with van der Waals surface area (Å²) in [4.78, 5) is 8.76. The van der Waals surface area contributed by atoms with Crippen molar-refractivity contribution in [2.75, 3.05) is 0 Å². The van der Waals surface area contributed by atoms with E-state index in [1.165, 1.54) is 12.8 Å². The number of hydrogen-bond acceptors (Lipinski definition) is 3. The quantitative estimate of drug-likeness (QED) is 0.682. The summed E-state index contributed by atoms with van der Waals surface area (Å²) in [5.41, 5.74) is 3.42. The number of rotatable bonds is 0. The van der Waals surface area contributed by atoms with E-state index < -0.39 is 0 Å². The highest BCUT2D eigenvalue weighted by molar-refractivity contribution is 5.75. The van der Waals surface area contributed by atoms with E-state index in [-0.39, 0.29) is 0 Å². The molecule has 1 heterocycles. The fraction of sp³-hybridized carbons (Fsp3) is 0.235. The van der Waals surface area contributed by atoms with Gasteiger partial charge in [0.05, 0.1) is 11.0 Å². The minimum Gasteiger partial charge on any atom is -0.235 e. The molecule has 3 rings (SSSR count). The molecular weight excluding hydrogens is 246 g/mol. The second-order valence-electron chi connectivity index (χ2n) is 4.75. The predicted octanol–water partition coefficient (Wildman–Crippen LogP) is 3.35. The summed E-state index contributed by atoms with van der Waals surface area (Å²) >= 11 is 0. The first-order chi connectivity index (χ1) is 9.86. The minimum atomic E-state index is 0.299. The average molecular weight is 259 g/mol. The number of para-hydroxylation sites is 2. The Balaban J connectivity index is 2.04.